The number of unbranched alkanes of at least 4 members (excludes halogenated alkanes) is 13. The smallest absolute Gasteiger partial charge is 0.325 e. The highest BCUT2D eigenvalue weighted by Crippen LogP contribution is 2.26. The van der Waals surface area contributed by atoms with E-state index in [0.717, 1.165) is 45.1 Å². The Morgan fingerprint density at radius 3 is 1.91 bits per heavy atom. The number of rotatable bonds is 15. The zero-order valence-corrected chi connectivity index (χ0v) is 21.7. The van der Waals surface area contributed by atoms with Crippen LogP contribution in [0.4, 0.5) is 4.79 Å². The molecule has 2 fully saturated rings. The summed E-state index contributed by atoms with van der Waals surface area (Å²) in [5.74, 6) is 0.676. The van der Waals surface area contributed by atoms with E-state index in [9.17, 15) is 9.59 Å². The number of piperazine rings is 1. The largest absolute Gasteiger partial charge is 0.340 e. The van der Waals surface area contributed by atoms with Crippen LogP contribution in [0.25, 0.3) is 0 Å². The summed E-state index contributed by atoms with van der Waals surface area (Å²) in [5.41, 5.74) is 0. The SMILES string of the molecule is CCCCCCCCCCCCCCCCN1C(N2CCNCC2)=NC2C1C(=O)NC(=O)N2C. The number of carbonyl (C=O) groups is 2. The second-order valence-corrected chi connectivity index (χ2v) is 10.2. The number of hydrogen-bond acceptors (Lipinski definition) is 6. The Morgan fingerprint density at radius 1 is 0.824 bits per heavy atom. The monoisotopic (exact) mass is 476 g/mol. The van der Waals surface area contributed by atoms with Crippen molar-refractivity contribution in [1.82, 2.24) is 25.3 Å². The molecule has 0 saturated carbocycles. The summed E-state index contributed by atoms with van der Waals surface area (Å²) in [4.78, 5) is 35.7. The Labute approximate surface area is 206 Å². The van der Waals surface area contributed by atoms with Crippen molar-refractivity contribution in [2.24, 2.45) is 4.99 Å². The van der Waals surface area contributed by atoms with Crippen molar-refractivity contribution in [3.05, 3.63) is 0 Å². The van der Waals surface area contributed by atoms with E-state index in [0.29, 0.717) is 0 Å². The lowest BCUT2D eigenvalue weighted by molar-refractivity contribution is -0.127. The fraction of sp³-hybridized carbons (Fsp3) is 0.885. The number of nitrogens with one attached hydrogen (secondary N) is 2. The molecule has 0 aromatic heterocycles. The van der Waals surface area contributed by atoms with Crippen LogP contribution in [0.5, 0.6) is 0 Å². The predicted octanol–water partition coefficient (Wildman–Crippen LogP) is 3.92. The Hall–Kier alpha value is -1.83. The standard InChI is InChI=1S/C26H48N6O2/c1-3-4-5-6-7-8-9-10-11-12-13-14-15-16-19-32-22-23(30(2)26(34)29-24(22)33)28-25(32)31-20-17-27-18-21-31/h22-23,27H,3-21H2,1-2H3,(H,29,33,34). The summed E-state index contributed by atoms with van der Waals surface area (Å²) in [7, 11) is 1.73. The lowest BCUT2D eigenvalue weighted by Crippen LogP contribution is -2.64. The molecule has 3 aliphatic rings. The van der Waals surface area contributed by atoms with Gasteiger partial charge < -0.3 is 20.0 Å². The number of guanidine groups is 1. The van der Waals surface area contributed by atoms with Crippen LogP contribution < -0.4 is 10.6 Å². The van der Waals surface area contributed by atoms with Crippen LogP contribution in [0, 0.1) is 0 Å². The van der Waals surface area contributed by atoms with Crippen molar-refractivity contribution in [1.29, 1.82) is 0 Å². The molecule has 8 nitrogen and oxygen atoms in total. The van der Waals surface area contributed by atoms with Crippen molar-refractivity contribution in [3.8, 4) is 0 Å². The molecule has 2 unspecified atom stereocenters. The van der Waals surface area contributed by atoms with Crippen LogP contribution in [0.3, 0.4) is 0 Å². The molecule has 0 spiro atoms. The molecule has 3 rings (SSSR count). The molecule has 34 heavy (non-hydrogen) atoms. The molecular formula is C26H48N6O2. The van der Waals surface area contributed by atoms with Gasteiger partial charge in [0.15, 0.2) is 18.2 Å². The maximum absolute atomic E-state index is 12.7. The third-order valence-corrected chi connectivity index (χ3v) is 7.49. The van der Waals surface area contributed by atoms with Crippen LogP contribution in [0.1, 0.15) is 96.8 Å². The second kappa shape index (κ2) is 14.5. The normalized spacial score (nSPS) is 22.8. The Bertz CT molecular complexity index is 664. The van der Waals surface area contributed by atoms with Gasteiger partial charge in [0.1, 0.15) is 0 Å². The fourth-order valence-corrected chi connectivity index (χ4v) is 5.36. The van der Waals surface area contributed by atoms with Crippen molar-refractivity contribution in [2.45, 2.75) is 109 Å². The topological polar surface area (TPSA) is 80.3 Å². The minimum Gasteiger partial charge on any atom is -0.340 e. The first kappa shape index (κ1) is 26.8. The van der Waals surface area contributed by atoms with Crippen molar-refractivity contribution < 1.29 is 9.59 Å². The predicted molar refractivity (Wildman–Crippen MR) is 138 cm³/mol. The number of fused-ring (bicyclic) bond motifs is 1. The van der Waals surface area contributed by atoms with E-state index in [1.165, 1.54) is 83.5 Å². The molecule has 0 radical (unpaired) electrons. The summed E-state index contributed by atoms with van der Waals surface area (Å²) in [6.45, 7) is 6.69. The number of urea groups is 1. The maximum Gasteiger partial charge on any atom is 0.325 e. The van der Waals surface area contributed by atoms with Crippen LogP contribution in [0.15, 0.2) is 4.99 Å². The maximum atomic E-state index is 12.7. The molecule has 2 atom stereocenters. The molecule has 3 amide bonds. The van der Waals surface area contributed by atoms with Crippen LogP contribution in [-0.2, 0) is 4.79 Å². The first-order valence-electron chi connectivity index (χ1n) is 14.0. The lowest BCUT2D eigenvalue weighted by atomic mass is 10.0. The highest BCUT2D eigenvalue weighted by Gasteiger charge is 2.49. The zero-order valence-electron chi connectivity index (χ0n) is 21.7. The van der Waals surface area contributed by atoms with E-state index >= 15 is 0 Å². The molecular weight excluding hydrogens is 428 g/mol. The van der Waals surface area contributed by atoms with E-state index in [2.05, 4.69) is 27.4 Å². The number of aliphatic imine (C=N–C) groups is 1. The molecule has 3 heterocycles. The van der Waals surface area contributed by atoms with Gasteiger partial charge in [-0.1, -0.05) is 90.4 Å². The molecule has 194 valence electrons. The average molecular weight is 477 g/mol. The van der Waals surface area contributed by atoms with E-state index in [1.807, 2.05) is 0 Å². The molecule has 2 N–H and O–H groups in total. The van der Waals surface area contributed by atoms with Gasteiger partial charge in [-0.3, -0.25) is 10.1 Å². The van der Waals surface area contributed by atoms with Crippen molar-refractivity contribution in [2.75, 3.05) is 39.8 Å². The van der Waals surface area contributed by atoms with Gasteiger partial charge in [0.25, 0.3) is 5.91 Å². The van der Waals surface area contributed by atoms with E-state index in [-0.39, 0.29) is 11.9 Å². The average Bonchev–Trinajstić information content (AvgIpc) is 3.23. The third kappa shape index (κ3) is 7.59. The summed E-state index contributed by atoms with van der Waals surface area (Å²) in [6, 6.07) is -0.762. The zero-order chi connectivity index (χ0) is 24.2. The molecule has 2 saturated heterocycles. The number of amides is 3. The third-order valence-electron chi connectivity index (χ3n) is 7.49. The first-order valence-corrected chi connectivity index (χ1v) is 14.0. The van der Waals surface area contributed by atoms with Gasteiger partial charge in [0, 0.05) is 39.8 Å². The Balaban J connectivity index is 1.34. The molecule has 0 aliphatic carbocycles. The quantitative estimate of drug-likeness (QED) is 0.350. The lowest BCUT2D eigenvalue weighted by Gasteiger charge is -2.38. The summed E-state index contributed by atoms with van der Waals surface area (Å²) in [6.07, 6.45) is 18.2. The number of hydrogen-bond donors (Lipinski definition) is 2. The molecule has 8 heteroatoms. The molecule has 0 bridgehead atoms. The van der Waals surface area contributed by atoms with Gasteiger partial charge in [0.2, 0.25) is 0 Å². The summed E-state index contributed by atoms with van der Waals surface area (Å²) < 4.78 is 0. The highest BCUT2D eigenvalue weighted by molar-refractivity contribution is 6.03. The van der Waals surface area contributed by atoms with E-state index in [1.54, 1.807) is 11.9 Å². The van der Waals surface area contributed by atoms with Crippen molar-refractivity contribution in [3.63, 3.8) is 0 Å². The molecule has 0 aromatic carbocycles. The number of carbonyl (C=O) groups excluding carboxylic acids is 2. The molecule has 0 aromatic rings. The minimum absolute atomic E-state index is 0.215. The summed E-state index contributed by atoms with van der Waals surface area (Å²) in [5, 5.41) is 5.89. The van der Waals surface area contributed by atoms with Crippen LogP contribution in [0.2, 0.25) is 0 Å². The number of imide groups is 1. The van der Waals surface area contributed by atoms with Crippen LogP contribution in [-0.4, -0.2) is 84.6 Å². The van der Waals surface area contributed by atoms with Gasteiger partial charge in [-0.25, -0.2) is 9.79 Å². The summed E-state index contributed by atoms with van der Waals surface area (Å²) >= 11 is 0. The van der Waals surface area contributed by atoms with Crippen LogP contribution >= 0.6 is 0 Å². The fourth-order valence-electron chi connectivity index (χ4n) is 5.36. The minimum atomic E-state index is -0.419. The molecule has 3 aliphatic heterocycles. The number of nitrogens with zero attached hydrogens (tertiary/aromatic N) is 4. The van der Waals surface area contributed by atoms with E-state index < -0.39 is 12.2 Å². The van der Waals surface area contributed by atoms with Gasteiger partial charge in [-0.15, -0.1) is 0 Å². The van der Waals surface area contributed by atoms with Gasteiger partial charge in [-0.2, -0.15) is 0 Å². The Kier molecular flexibility index (Phi) is 11.4. The van der Waals surface area contributed by atoms with E-state index in [4.69, 9.17) is 4.99 Å². The van der Waals surface area contributed by atoms with Gasteiger partial charge in [0.05, 0.1) is 0 Å². The van der Waals surface area contributed by atoms with Gasteiger partial charge in [-0.05, 0) is 6.42 Å². The second-order valence-electron chi connectivity index (χ2n) is 10.2. The highest BCUT2D eigenvalue weighted by atomic mass is 16.2. The Morgan fingerprint density at radius 2 is 1.35 bits per heavy atom. The van der Waals surface area contributed by atoms with Crippen molar-refractivity contribution >= 4 is 17.9 Å². The van der Waals surface area contributed by atoms with Gasteiger partial charge >= 0.3 is 6.03 Å². The first-order chi connectivity index (χ1) is 16.6. The number of likely N-dealkylation sites (N-methyl/N-ethyl adjacent to an activating group) is 1.